The summed E-state index contributed by atoms with van der Waals surface area (Å²) in [6.45, 7) is 5.20. The molecule has 0 radical (unpaired) electrons. The fraction of sp³-hybridized carbons (Fsp3) is 0.462. The van der Waals surface area contributed by atoms with Crippen LogP contribution in [0.3, 0.4) is 0 Å². The van der Waals surface area contributed by atoms with Crippen LogP contribution in [-0.4, -0.2) is 13.1 Å². The molecule has 0 saturated carbocycles. The fourth-order valence-corrected chi connectivity index (χ4v) is 1.77. The Morgan fingerprint density at radius 3 is 2.44 bits per heavy atom. The maximum absolute atomic E-state index is 13.0. The van der Waals surface area contributed by atoms with Gasteiger partial charge < -0.3 is 10.5 Å². The molecule has 102 valence electrons. The minimum absolute atomic E-state index is 0. The summed E-state index contributed by atoms with van der Waals surface area (Å²) in [6.07, 6.45) is 0. The summed E-state index contributed by atoms with van der Waals surface area (Å²) in [5.41, 5.74) is 6.71. The second-order valence-electron chi connectivity index (χ2n) is 4.69. The van der Waals surface area contributed by atoms with Gasteiger partial charge in [-0.05, 0) is 44.0 Å². The minimum Gasteiger partial charge on any atom is -0.469 e. The van der Waals surface area contributed by atoms with E-state index in [0.29, 0.717) is 0 Å². The van der Waals surface area contributed by atoms with Crippen LogP contribution in [0.2, 0.25) is 0 Å². The molecule has 0 aliphatic rings. The van der Waals surface area contributed by atoms with Crippen molar-refractivity contribution in [2.24, 2.45) is 11.1 Å². The maximum atomic E-state index is 13.0. The molecule has 0 fully saturated rings. The second kappa shape index (κ2) is 6.16. The van der Waals surface area contributed by atoms with E-state index in [1.807, 2.05) is 0 Å². The van der Waals surface area contributed by atoms with E-state index in [2.05, 4.69) is 0 Å². The molecular formula is C13H19ClFNO2. The van der Waals surface area contributed by atoms with Crippen molar-refractivity contribution in [2.75, 3.05) is 7.11 Å². The average Bonchev–Trinajstić information content (AvgIpc) is 2.27. The Morgan fingerprint density at radius 1 is 1.44 bits per heavy atom. The number of carbonyl (C=O) groups excluding carboxylic acids is 1. The van der Waals surface area contributed by atoms with E-state index in [4.69, 9.17) is 10.5 Å². The van der Waals surface area contributed by atoms with Crippen molar-refractivity contribution in [3.63, 3.8) is 0 Å². The number of nitrogens with two attached hydrogens (primary N) is 1. The van der Waals surface area contributed by atoms with Crippen molar-refractivity contribution in [1.82, 2.24) is 0 Å². The van der Waals surface area contributed by atoms with E-state index < -0.39 is 11.5 Å². The van der Waals surface area contributed by atoms with Gasteiger partial charge in [0, 0.05) is 6.04 Å². The predicted octanol–water partition coefficient (Wildman–Crippen LogP) is 2.75. The van der Waals surface area contributed by atoms with Crippen LogP contribution in [0.5, 0.6) is 0 Å². The third-order valence-corrected chi connectivity index (χ3v) is 3.06. The van der Waals surface area contributed by atoms with Gasteiger partial charge >= 0.3 is 5.97 Å². The summed E-state index contributed by atoms with van der Waals surface area (Å²) in [6, 6.07) is 3.83. The monoisotopic (exact) mass is 275 g/mol. The third-order valence-electron chi connectivity index (χ3n) is 3.06. The fourth-order valence-electron chi connectivity index (χ4n) is 1.77. The van der Waals surface area contributed by atoms with Gasteiger partial charge in [0.15, 0.2) is 0 Å². The largest absolute Gasteiger partial charge is 0.469 e. The summed E-state index contributed by atoms with van der Waals surface area (Å²) in [5, 5.41) is 0. The molecule has 0 heterocycles. The standard InChI is InChI=1S/C13H18FNO2.ClH/c1-8-7-9(14)5-6-10(8)11(15)13(2,3)12(16)17-4;/h5-7,11H,15H2,1-4H3;1H/t11-;/m1./s1. The first kappa shape index (κ1) is 16.9. The zero-order valence-electron chi connectivity index (χ0n) is 11.0. The molecule has 0 aliphatic carbocycles. The maximum Gasteiger partial charge on any atom is 0.313 e. The molecule has 0 aliphatic heterocycles. The first-order valence-electron chi connectivity index (χ1n) is 5.40. The highest BCUT2D eigenvalue weighted by atomic mass is 35.5. The third kappa shape index (κ3) is 3.21. The molecule has 1 rings (SSSR count). The predicted molar refractivity (Wildman–Crippen MR) is 71.1 cm³/mol. The van der Waals surface area contributed by atoms with E-state index in [1.165, 1.54) is 19.2 Å². The molecule has 0 bridgehead atoms. The van der Waals surface area contributed by atoms with Gasteiger partial charge in [-0.15, -0.1) is 12.4 Å². The van der Waals surface area contributed by atoms with Crippen molar-refractivity contribution in [3.8, 4) is 0 Å². The summed E-state index contributed by atoms with van der Waals surface area (Å²) in [4.78, 5) is 11.7. The van der Waals surface area contributed by atoms with Gasteiger partial charge in [0.05, 0.1) is 12.5 Å². The molecule has 0 saturated heterocycles. The Kier molecular flexibility index (Phi) is 5.77. The first-order chi connectivity index (χ1) is 7.80. The Bertz CT molecular complexity index is 435. The lowest BCUT2D eigenvalue weighted by atomic mass is 9.80. The van der Waals surface area contributed by atoms with Gasteiger partial charge in [0.2, 0.25) is 0 Å². The molecule has 1 aromatic rings. The number of esters is 1. The van der Waals surface area contributed by atoms with E-state index in [9.17, 15) is 9.18 Å². The van der Waals surface area contributed by atoms with Crippen LogP contribution in [-0.2, 0) is 9.53 Å². The van der Waals surface area contributed by atoms with Crippen LogP contribution >= 0.6 is 12.4 Å². The molecule has 0 amide bonds. The molecule has 1 aromatic carbocycles. The topological polar surface area (TPSA) is 52.3 Å². The zero-order valence-corrected chi connectivity index (χ0v) is 11.8. The van der Waals surface area contributed by atoms with Crippen molar-refractivity contribution in [2.45, 2.75) is 26.8 Å². The Labute approximate surface area is 113 Å². The van der Waals surface area contributed by atoms with Gasteiger partial charge in [-0.2, -0.15) is 0 Å². The van der Waals surface area contributed by atoms with Gasteiger partial charge in [0.1, 0.15) is 5.82 Å². The number of aryl methyl sites for hydroxylation is 1. The average molecular weight is 276 g/mol. The van der Waals surface area contributed by atoms with Gasteiger partial charge in [-0.3, -0.25) is 4.79 Å². The minimum atomic E-state index is -0.850. The summed E-state index contributed by atoms with van der Waals surface area (Å²) in [5.74, 6) is -0.692. The zero-order chi connectivity index (χ0) is 13.2. The van der Waals surface area contributed by atoms with Crippen LogP contribution in [0.1, 0.15) is 31.0 Å². The Balaban J connectivity index is 0.00000289. The van der Waals surface area contributed by atoms with Crippen molar-refractivity contribution >= 4 is 18.4 Å². The number of methoxy groups -OCH3 is 1. The van der Waals surface area contributed by atoms with E-state index in [-0.39, 0.29) is 24.2 Å². The molecular weight excluding hydrogens is 257 g/mol. The number of ether oxygens (including phenoxy) is 1. The number of benzene rings is 1. The smallest absolute Gasteiger partial charge is 0.313 e. The highest BCUT2D eigenvalue weighted by Gasteiger charge is 2.37. The number of hydrogen-bond acceptors (Lipinski definition) is 3. The van der Waals surface area contributed by atoms with Crippen molar-refractivity contribution in [3.05, 3.63) is 35.1 Å². The van der Waals surface area contributed by atoms with Crippen LogP contribution in [0.4, 0.5) is 4.39 Å². The molecule has 1 atom stereocenters. The van der Waals surface area contributed by atoms with Crippen LogP contribution in [0, 0.1) is 18.2 Å². The van der Waals surface area contributed by atoms with Crippen molar-refractivity contribution < 1.29 is 13.9 Å². The molecule has 2 N–H and O–H groups in total. The molecule has 18 heavy (non-hydrogen) atoms. The van der Waals surface area contributed by atoms with Gasteiger partial charge in [-0.1, -0.05) is 6.07 Å². The second-order valence-corrected chi connectivity index (χ2v) is 4.69. The quantitative estimate of drug-likeness (QED) is 0.863. The number of carbonyl (C=O) groups is 1. The Hall–Kier alpha value is -1.13. The number of halogens is 2. The van der Waals surface area contributed by atoms with Crippen LogP contribution in [0.25, 0.3) is 0 Å². The Morgan fingerprint density at radius 2 is 2.00 bits per heavy atom. The SMILES string of the molecule is COC(=O)C(C)(C)[C@H](N)c1ccc(F)cc1C.Cl. The summed E-state index contributed by atoms with van der Waals surface area (Å²) in [7, 11) is 1.33. The lowest BCUT2D eigenvalue weighted by Crippen LogP contribution is -2.37. The molecule has 0 aromatic heterocycles. The van der Waals surface area contributed by atoms with Crippen LogP contribution in [0.15, 0.2) is 18.2 Å². The summed E-state index contributed by atoms with van der Waals surface area (Å²) >= 11 is 0. The van der Waals surface area contributed by atoms with Gasteiger partial charge in [-0.25, -0.2) is 4.39 Å². The molecule has 5 heteroatoms. The molecule has 3 nitrogen and oxygen atoms in total. The molecule has 0 spiro atoms. The summed E-state index contributed by atoms with van der Waals surface area (Å²) < 4.78 is 17.7. The highest BCUT2D eigenvalue weighted by Crippen LogP contribution is 2.34. The lowest BCUT2D eigenvalue weighted by Gasteiger charge is -2.29. The van der Waals surface area contributed by atoms with E-state index >= 15 is 0 Å². The highest BCUT2D eigenvalue weighted by molar-refractivity contribution is 5.85. The van der Waals surface area contributed by atoms with E-state index in [0.717, 1.165) is 11.1 Å². The van der Waals surface area contributed by atoms with E-state index in [1.54, 1.807) is 26.8 Å². The molecule has 0 unspecified atom stereocenters. The van der Waals surface area contributed by atoms with Gasteiger partial charge in [0.25, 0.3) is 0 Å². The normalized spacial score (nSPS) is 12.6. The van der Waals surface area contributed by atoms with Crippen molar-refractivity contribution in [1.29, 1.82) is 0 Å². The first-order valence-corrected chi connectivity index (χ1v) is 5.40. The number of hydrogen-bond donors (Lipinski definition) is 1. The lowest BCUT2D eigenvalue weighted by molar-refractivity contribution is -0.152. The van der Waals surface area contributed by atoms with Crippen LogP contribution < -0.4 is 5.73 Å². The number of rotatable bonds is 3.